The second kappa shape index (κ2) is 15.3. The van der Waals surface area contributed by atoms with Gasteiger partial charge in [0.05, 0.1) is 6.04 Å². The Morgan fingerprint density at radius 2 is 1.58 bits per heavy atom. The summed E-state index contributed by atoms with van der Waals surface area (Å²) < 4.78 is 29.2. The fourth-order valence-corrected chi connectivity index (χ4v) is 9.01. The number of likely N-dealkylation sites (tertiary alicyclic amines) is 1. The van der Waals surface area contributed by atoms with Gasteiger partial charge >= 0.3 is 6.03 Å². The van der Waals surface area contributed by atoms with Crippen molar-refractivity contribution in [2.24, 2.45) is 28.1 Å². The van der Waals surface area contributed by atoms with Crippen LogP contribution in [-0.2, 0) is 29.4 Å². The highest BCUT2D eigenvalue weighted by molar-refractivity contribution is 7.87. The van der Waals surface area contributed by atoms with Gasteiger partial charge in [-0.3, -0.25) is 19.2 Å². The van der Waals surface area contributed by atoms with Crippen LogP contribution in [0.4, 0.5) is 4.79 Å². The Kier molecular flexibility index (Phi) is 12.7. The van der Waals surface area contributed by atoms with Gasteiger partial charge in [0.15, 0.2) is 0 Å². The van der Waals surface area contributed by atoms with Crippen molar-refractivity contribution in [1.82, 2.24) is 34.8 Å². The molecule has 1 aliphatic carbocycles. The van der Waals surface area contributed by atoms with Crippen molar-refractivity contribution in [1.29, 1.82) is 0 Å². The van der Waals surface area contributed by atoms with Gasteiger partial charge in [-0.2, -0.15) is 17.0 Å². The van der Waals surface area contributed by atoms with E-state index in [2.05, 4.69) is 27.8 Å². The molecule has 0 aromatic carbocycles. The molecular weight excluding hydrogens is 662 g/mol. The molecule has 0 aromatic heterocycles. The van der Waals surface area contributed by atoms with Gasteiger partial charge in [-0.15, -0.1) is 6.58 Å². The van der Waals surface area contributed by atoms with E-state index in [4.69, 9.17) is 0 Å². The molecule has 3 aliphatic rings. The maximum Gasteiger partial charge on any atom is 0.315 e. The number of carbonyl (C=O) groups is 5. The molecule has 4 N–H and O–H groups in total. The van der Waals surface area contributed by atoms with E-state index in [1.807, 2.05) is 76.2 Å². The lowest BCUT2D eigenvalue weighted by Gasteiger charge is -2.39. The largest absolute Gasteiger partial charge is 0.346 e. The molecule has 3 fully saturated rings. The number of nitrogens with zero attached hydrogens (tertiary/aromatic N) is 3. The zero-order valence-electron chi connectivity index (χ0n) is 31.9. The molecule has 14 nitrogen and oxygen atoms in total. The molecule has 5 amide bonds. The molecule has 0 radical (unpaired) electrons. The highest BCUT2D eigenvalue weighted by Gasteiger charge is 2.70. The fraction of sp³-hybridized carbons (Fsp3) is 0.800. The number of carbonyl (C=O) groups excluding carboxylic acids is 5. The second-order valence-electron chi connectivity index (χ2n) is 17.0. The Labute approximate surface area is 299 Å². The van der Waals surface area contributed by atoms with E-state index in [0.717, 1.165) is 0 Å². The standard InChI is InChI=1S/C35H61N7O7S/c1-13-15-23(27(43)30(45)36-16-14-2)37-29(44)26-25-22(35(25,11)12)19-41(26)31(46)28(34(8,9)10)39-32(47)38-24(33(5,6)7)20-40-17-18-42(21(3)4)50(40,48)49/h14,21-26,28H,2,13,15-20H2,1,3-12H3,(H,36,45)(H,37,44)(H2,38,39,47)/t22-,23?,24+,25-,26-,28+/m0/s1. The molecule has 0 bridgehead atoms. The van der Waals surface area contributed by atoms with E-state index < -0.39 is 74.7 Å². The summed E-state index contributed by atoms with van der Waals surface area (Å²) >= 11 is 0. The van der Waals surface area contributed by atoms with Crippen molar-refractivity contribution in [2.45, 2.75) is 119 Å². The number of hydrogen-bond acceptors (Lipinski definition) is 7. The van der Waals surface area contributed by atoms with Gasteiger partial charge < -0.3 is 26.2 Å². The minimum Gasteiger partial charge on any atom is -0.346 e. The van der Waals surface area contributed by atoms with E-state index in [9.17, 15) is 32.4 Å². The van der Waals surface area contributed by atoms with Crippen molar-refractivity contribution in [3.05, 3.63) is 12.7 Å². The van der Waals surface area contributed by atoms with Crippen LogP contribution in [0.2, 0.25) is 0 Å². The molecule has 15 heteroatoms. The normalized spacial score (nSPS) is 24.9. The smallest absolute Gasteiger partial charge is 0.315 e. The lowest BCUT2D eigenvalue weighted by Crippen LogP contribution is -2.62. The first kappa shape index (κ1) is 41.4. The van der Waals surface area contributed by atoms with Crippen molar-refractivity contribution in [2.75, 3.05) is 32.7 Å². The van der Waals surface area contributed by atoms with Crippen molar-refractivity contribution in [3.8, 4) is 0 Å². The molecular formula is C35H61N7O7S. The number of urea groups is 1. The third-order valence-electron chi connectivity index (χ3n) is 10.5. The molecule has 1 unspecified atom stereocenters. The number of Topliss-reactive ketones (excluding diaryl/α,β-unsaturated/α-hetero) is 1. The number of amides is 5. The van der Waals surface area contributed by atoms with Crippen LogP contribution in [0.3, 0.4) is 0 Å². The van der Waals surface area contributed by atoms with Gasteiger partial charge in [-0.05, 0) is 48.3 Å². The molecule has 0 aromatic rings. The van der Waals surface area contributed by atoms with Gasteiger partial charge in [0, 0.05) is 44.8 Å². The molecule has 2 heterocycles. The lowest BCUT2D eigenvalue weighted by molar-refractivity contribution is -0.145. The van der Waals surface area contributed by atoms with Gasteiger partial charge in [-0.1, -0.05) is 74.8 Å². The number of ketones is 1. The number of hydrogen-bond donors (Lipinski definition) is 4. The second-order valence-corrected chi connectivity index (χ2v) is 18.9. The number of rotatable bonds is 14. The zero-order valence-corrected chi connectivity index (χ0v) is 32.7. The number of nitrogens with one attached hydrogen (secondary N) is 4. The third-order valence-corrected chi connectivity index (χ3v) is 12.7. The Morgan fingerprint density at radius 3 is 2.08 bits per heavy atom. The van der Waals surface area contributed by atoms with E-state index in [-0.39, 0.29) is 42.8 Å². The summed E-state index contributed by atoms with van der Waals surface area (Å²) in [6.07, 6.45) is 2.24. The van der Waals surface area contributed by atoms with E-state index in [1.54, 1.807) is 0 Å². The maximum absolute atomic E-state index is 14.4. The summed E-state index contributed by atoms with van der Waals surface area (Å²) in [6.45, 7) is 25.5. The lowest BCUT2D eigenvalue weighted by atomic mass is 9.85. The predicted octanol–water partition coefficient (Wildman–Crippen LogP) is 2.03. The first-order valence-corrected chi connectivity index (χ1v) is 19.2. The first-order chi connectivity index (χ1) is 22.9. The summed E-state index contributed by atoms with van der Waals surface area (Å²) in [5.41, 5.74) is -1.51. The Balaban J connectivity index is 1.82. The van der Waals surface area contributed by atoms with Gasteiger partial charge in [-0.25, -0.2) is 4.79 Å². The molecule has 284 valence electrons. The summed E-state index contributed by atoms with van der Waals surface area (Å²) in [6, 6.07) is -4.40. The molecule has 6 atom stereocenters. The van der Waals surface area contributed by atoms with Crippen molar-refractivity contribution in [3.63, 3.8) is 0 Å². The van der Waals surface area contributed by atoms with Crippen LogP contribution in [0.1, 0.15) is 89.0 Å². The molecule has 1 saturated carbocycles. The maximum atomic E-state index is 14.4. The van der Waals surface area contributed by atoms with Crippen LogP contribution in [-0.4, -0.2) is 114 Å². The highest BCUT2D eigenvalue weighted by atomic mass is 32.2. The molecule has 50 heavy (non-hydrogen) atoms. The van der Waals surface area contributed by atoms with Crippen LogP contribution < -0.4 is 21.3 Å². The van der Waals surface area contributed by atoms with Gasteiger partial charge in [0.1, 0.15) is 12.1 Å². The topological polar surface area (TPSA) is 177 Å². The molecule has 0 spiro atoms. The van der Waals surface area contributed by atoms with E-state index in [1.165, 1.54) is 19.6 Å². The van der Waals surface area contributed by atoms with E-state index in [0.29, 0.717) is 26.1 Å². The molecule has 3 rings (SSSR count). The highest BCUT2D eigenvalue weighted by Crippen LogP contribution is 2.65. The zero-order chi connectivity index (χ0) is 38.1. The van der Waals surface area contributed by atoms with E-state index >= 15 is 0 Å². The molecule has 2 aliphatic heterocycles. The Morgan fingerprint density at radius 1 is 0.960 bits per heavy atom. The summed E-state index contributed by atoms with van der Waals surface area (Å²) in [7, 11) is -3.69. The molecule has 2 saturated heterocycles. The van der Waals surface area contributed by atoms with Crippen molar-refractivity contribution >= 4 is 39.7 Å². The minimum absolute atomic E-state index is 0.0472. The SMILES string of the molecule is C=CCNC(=O)C(=O)C(CCC)NC(=O)[C@@H]1[C@@H]2[C@H](CN1C(=O)[C@@H](NC(=O)N[C@H](CN1CCN(C(C)C)S1(=O)=O)C(C)(C)C)C(C)(C)C)C2(C)C. The summed E-state index contributed by atoms with van der Waals surface area (Å²) in [5.74, 6) is -2.63. The van der Waals surface area contributed by atoms with Gasteiger partial charge in [0.2, 0.25) is 17.6 Å². The average molecular weight is 724 g/mol. The van der Waals surface area contributed by atoms with Gasteiger partial charge in [0.25, 0.3) is 16.1 Å². The van der Waals surface area contributed by atoms with Crippen molar-refractivity contribution < 1.29 is 32.4 Å². The Hall–Kier alpha value is -3.04. The number of fused-ring (bicyclic) bond motifs is 1. The monoisotopic (exact) mass is 723 g/mol. The first-order valence-electron chi connectivity index (χ1n) is 17.8. The van der Waals surface area contributed by atoms with Crippen LogP contribution in [0.5, 0.6) is 0 Å². The van der Waals surface area contributed by atoms with Crippen LogP contribution in [0.15, 0.2) is 12.7 Å². The van der Waals surface area contributed by atoms with Crippen LogP contribution >= 0.6 is 0 Å². The Bertz CT molecular complexity index is 1430. The minimum atomic E-state index is -3.69. The fourth-order valence-electron chi connectivity index (χ4n) is 7.22. The van der Waals surface area contributed by atoms with Crippen LogP contribution in [0.25, 0.3) is 0 Å². The number of piperidine rings is 1. The average Bonchev–Trinajstić information content (AvgIpc) is 3.27. The van der Waals surface area contributed by atoms with Crippen LogP contribution in [0, 0.1) is 28.1 Å². The predicted molar refractivity (Wildman–Crippen MR) is 192 cm³/mol. The quantitative estimate of drug-likeness (QED) is 0.157. The third kappa shape index (κ3) is 8.87. The summed E-state index contributed by atoms with van der Waals surface area (Å²) in [5, 5.41) is 11.1. The summed E-state index contributed by atoms with van der Waals surface area (Å²) in [4.78, 5) is 69.0.